The maximum atomic E-state index is 14.0. The Hall–Kier alpha value is -3.17. The molecule has 0 spiro atoms. The molecule has 39 heavy (non-hydrogen) atoms. The number of nitrogens with one attached hydrogen (secondary N) is 1. The number of aryl methyl sites for hydroxylation is 2. The molecule has 0 bridgehead atoms. The van der Waals surface area contributed by atoms with Crippen LogP contribution in [0.25, 0.3) is 0 Å². The topological polar surface area (TPSA) is 86.8 Å². The number of nitrogens with zero attached hydrogens (tertiary/aromatic N) is 2. The van der Waals surface area contributed by atoms with Crippen molar-refractivity contribution < 1.29 is 18.0 Å². The van der Waals surface area contributed by atoms with Crippen LogP contribution in [0.4, 0.5) is 5.69 Å². The highest BCUT2D eigenvalue weighted by atomic mass is 79.9. The van der Waals surface area contributed by atoms with Crippen molar-refractivity contribution in [1.82, 2.24) is 10.2 Å². The van der Waals surface area contributed by atoms with E-state index in [9.17, 15) is 18.0 Å². The maximum Gasteiger partial charge on any atom is 0.264 e. The summed E-state index contributed by atoms with van der Waals surface area (Å²) in [5, 5.41) is 2.93. The molecule has 0 radical (unpaired) electrons. The van der Waals surface area contributed by atoms with Crippen LogP contribution in [-0.4, -0.2) is 43.3 Å². The molecule has 3 rings (SSSR count). The van der Waals surface area contributed by atoms with Gasteiger partial charge in [-0.3, -0.25) is 13.9 Å². The van der Waals surface area contributed by atoms with Crippen LogP contribution in [0.3, 0.4) is 0 Å². The molecular formula is C30H36BrN3O4S. The van der Waals surface area contributed by atoms with Gasteiger partial charge in [0.25, 0.3) is 10.0 Å². The Morgan fingerprint density at radius 3 is 2.13 bits per heavy atom. The van der Waals surface area contributed by atoms with Crippen molar-refractivity contribution in [2.75, 3.05) is 10.8 Å². The maximum absolute atomic E-state index is 14.0. The van der Waals surface area contributed by atoms with E-state index in [0.717, 1.165) is 25.5 Å². The summed E-state index contributed by atoms with van der Waals surface area (Å²) in [5.41, 5.74) is 2.42. The summed E-state index contributed by atoms with van der Waals surface area (Å²) >= 11 is 3.42. The zero-order valence-corrected chi connectivity index (χ0v) is 25.6. The normalized spacial score (nSPS) is 12.5. The van der Waals surface area contributed by atoms with Crippen LogP contribution in [0.1, 0.15) is 44.4 Å². The molecule has 0 aliphatic rings. The lowest BCUT2D eigenvalue weighted by Gasteiger charge is -2.34. The lowest BCUT2D eigenvalue weighted by molar-refractivity contribution is -0.140. The molecule has 208 valence electrons. The van der Waals surface area contributed by atoms with Gasteiger partial charge in [0.2, 0.25) is 11.8 Å². The van der Waals surface area contributed by atoms with Gasteiger partial charge in [-0.05, 0) is 83.0 Å². The van der Waals surface area contributed by atoms with Gasteiger partial charge in [-0.1, -0.05) is 64.0 Å². The van der Waals surface area contributed by atoms with E-state index in [2.05, 4.69) is 21.2 Å². The smallest absolute Gasteiger partial charge is 0.264 e. The summed E-state index contributed by atoms with van der Waals surface area (Å²) in [5.74, 6) is -0.814. The van der Waals surface area contributed by atoms with Crippen LogP contribution < -0.4 is 9.62 Å². The van der Waals surface area contributed by atoms with E-state index >= 15 is 0 Å². The largest absolute Gasteiger partial charge is 0.350 e. The van der Waals surface area contributed by atoms with Gasteiger partial charge >= 0.3 is 0 Å². The summed E-state index contributed by atoms with van der Waals surface area (Å²) in [6.45, 7) is 10.7. The number of carbonyl (C=O) groups is 2. The molecule has 0 unspecified atom stereocenters. The zero-order valence-electron chi connectivity index (χ0n) is 23.2. The van der Waals surface area contributed by atoms with Crippen LogP contribution in [0.2, 0.25) is 0 Å². The number of hydrogen-bond acceptors (Lipinski definition) is 4. The van der Waals surface area contributed by atoms with Gasteiger partial charge in [-0.2, -0.15) is 0 Å². The first-order valence-electron chi connectivity index (χ1n) is 12.7. The number of hydrogen-bond donors (Lipinski definition) is 1. The fraction of sp³-hybridized carbons (Fsp3) is 0.333. The predicted octanol–water partition coefficient (Wildman–Crippen LogP) is 5.59. The van der Waals surface area contributed by atoms with Gasteiger partial charge in [0, 0.05) is 16.6 Å². The molecule has 1 N–H and O–H groups in total. The van der Waals surface area contributed by atoms with Gasteiger partial charge in [-0.25, -0.2) is 8.42 Å². The van der Waals surface area contributed by atoms with E-state index in [1.165, 1.54) is 17.0 Å². The number of sulfonamides is 1. The van der Waals surface area contributed by atoms with Crippen LogP contribution in [0.15, 0.2) is 82.2 Å². The lowest BCUT2D eigenvalue weighted by Crippen LogP contribution is -2.54. The van der Waals surface area contributed by atoms with Gasteiger partial charge in [0.15, 0.2) is 0 Å². The third-order valence-electron chi connectivity index (χ3n) is 6.16. The van der Waals surface area contributed by atoms with E-state index in [1.807, 2.05) is 71.0 Å². The molecule has 1 atom stereocenters. The third kappa shape index (κ3) is 7.92. The van der Waals surface area contributed by atoms with Crippen molar-refractivity contribution in [2.24, 2.45) is 0 Å². The van der Waals surface area contributed by atoms with Crippen molar-refractivity contribution in [3.63, 3.8) is 0 Å². The summed E-state index contributed by atoms with van der Waals surface area (Å²) < 4.78 is 29.8. The van der Waals surface area contributed by atoms with Crippen molar-refractivity contribution >= 4 is 43.5 Å². The third-order valence-corrected chi connectivity index (χ3v) is 8.47. The molecule has 0 saturated carbocycles. The van der Waals surface area contributed by atoms with Crippen LogP contribution in [0.5, 0.6) is 0 Å². The Balaban J connectivity index is 2.05. The van der Waals surface area contributed by atoms with E-state index in [4.69, 9.17) is 0 Å². The van der Waals surface area contributed by atoms with E-state index in [1.54, 1.807) is 31.2 Å². The van der Waals surface area contributed by atoms with Crippen molar-refractivity contribution in [2.45, 2.75) is 64.6 Å². The van der Waals surface area contributed by atoms with Crippen molar-refractivity contribution in [3.05, 3.63) is 94.0 Å². The van der Waals surface area contributed by atoms with Crippen molar-refractivity contribution in [1.29, 1.82) is 0 Å². The molecule has 0 aliphatic heterocycles. The number of rotatable bonds is 9. The average Bonchev–Trinajstić information content (AvgIpc) is 2.86. The molecule has 2 amide bonds. The Labute approximate surface area is 240 Å². The lowest BCUT2D eigenvalue weighted by atomic mass is 10.1. The molecule has 3 aromatic carbocycles. The first-order valence-corrected chi connectivity index (χ1v) is 14.9. The summed E-state index contributed by atoms with van der Waals surface area (Å²) in [4.78, 5) is 28.7. The molecular weight excluding hydrogens is 578 g/mol. The fourth-order valence-electron chi connectivity index (χ4n) is 4.16. The minimum Gasteiger partial charge on any atom is -0.350 e. The number of carbonyl (C=O) groups excluding carboxylic acids is 2. The Morgan fingerprint density at radius 2 is 1.56 bits per heavy atom. The number of amides is 2. The highest BCUT2D eigenvalue weighted by Crippen LogP contribution is 2.28. The van der Waals surface area contributed by atoms with Gasteiger partial charge in [0.05, 0.1) is 10.6 Å². The molecule has 7 nitrogen and oxygen atoms in total. The van der Waals surface area contributed by atoms with E-state index in [0.29, 0.717) is 5.69 Å². The Morgan fingerprint density at radius 1 is 0.949 bits per heavy atom. The summed E-state index contributed by atoms with van der Waals surface area (Å²) in [6.07, 6.45) is 0. The second-order valence-corrected chi connectivity index (χ2v) is 13.5. The quantitative estimate of drug-likeness (QED) is 0.341. The first-order chi connectivity index (χ1) is 18.2. The molecule has 0 aliphatic carbocycles. The highest BCUT2D eigenvalue weighted by molar-refractivity contribution is 9.10. The average molecular weight is 615 g/mol. The Kier molecular flexibility index (Phi) is 9.61. The second-order valence-electron chi connectivity index (χ2n) is 10.7. The molecule has 9 heteroatoms. The second kappa shape index (κ2) is 12.3. The molecule has 0 saturated heterocycles. The highest BCUT2D eigenvalue weighted by Gasteiger charge is 2.33. The number of anilines is 1. The number of benzene rings is 3. The standard InChI is InChI=1S/C30H36BrN3O4S/c1-21-12-17-27(22(2)18-21)34(39(37,38)26-10-8-7-9-11-26)20-28(35)33(19-24-13-15-25(31)16-14-24)23(3)29(36)32-30(4,5)6/h7-18,23H,19-20H2,1-6H3,(H,32,36)/t23-/m1/s1. The molecule has 3 aromatic rings. The zero-order chi connectivity index (χ0) is 29.0. The minimum absolute atomic E-state index is 0.0794. The van der Waals surface area contributed by atoms with Crippen LogP contribution in [0, 0.1) is 13.8 Å². The van der Waals surface area contributed by atoms with Gasteiger partial charge in [0.1, 0.15) is 12.6 Å². The molecule has 0 heterocycles. The fourth-order valence-corrected chi connectivity index (χ4v) is 5.93. The van der Waals surface area contributed by atoms with E-state index < -0.39 is 34.1 Å². The summed E-state index contributed by atoms with van der Waals surface area (Å²) in [7, 11) is -4.09. The SMILES string of the molecule is Cc1ccc(N(CC(=O)N(Cc2ccc(Br)cc2)[C@H](C)C(=O)NC(C)(C)C)S(=O)(=O)c2ccccc2)c(C)c1. The van der Waals surface area contributed by atoms with Gasteiger partial charge < -0.3 is 10.2 Å². The van der Waals surface area contributed by atoms with Crippen molar-refractivity contribution in [3.8, 4) is 0 Å². The van der Waals surface area contributed by atoms with Crippen LogP contribution in [-0.2, 0) is 26.2 Å². The van der Waals surface area contributed by atoms with E-state index in [-0.39, 0.29) is 17.3 Å². The predicted molar refractivity (Wildman–Crippen MR) is 159 cm³/mol. The first kappa shape index (κ1) is 30.4. The summed E-state index contributed by atoms with van der Waals surface area (Å²) in [6, 6.07) is 20.1. The molecule has 0 fully saturated rings. The monoisotopic (exact) mass is 613 g/mol. The number of halogens is 1. The van der Waals surface area contributed by atoms with Gasteiger partial charge in [-0.15, -0.1) is 0 Å². The van der Waals surface area contributed by atoms with Crippen LogP contribution >= 0.6 is 15.9 Å². The minimum atomic E-state index is -4.09. The molecule has 0 aromatic heterocycles. The Bertz CT molecular complexity index is 1420.